The minimum absolute atomic E-state index is 0. The summed E-state index contributed by atoms with van der Waals surface area (Å²) >= 11 is 0. The van der Waals surface area contributed by atoms with Crippen molar-refractivity contribution >= 4 is 21.7 Å². The van der Waals surface area contributed by atoms with Crippen LogP contribution >= 0.6 is 0 Å². The Morgan fingerprint density at radius 2 is 1.64 bits per heavy atom. The van der Waals surface area contributed by atoms with Gasteiger partial charge in [-0.3, -0.25) is 0 Å². The molecule has 3 aromatic rings. The van der Waals surface area contributed by atoms with E-state index < -0.39 is 34.3 Å². The van der Waals surface area contributed by atoms with Crippen LogP contribution in [0.15, 0.2) is 24.4 Å². The molecule has 28 heavy (non-hydrogen) atoms. The standard InChI is InChI=1S/C18H10F6NO2.Ir/c1-26-12-5-8-3-4-9-14-11(16(19,20)18(23,24)17(14,21)22)7-25-15(9)10(8)6-13(12)27-2;/h3-5,7H,1-2H3;/q-1;. The molecule has 0 N–H and O–H groups in total. The van der Waals surface area contributed by atoms with Crippen LogP contribution in [0, 0.1) is 6.07 Å². The number of ether oxygens (including phenoxy) is 2. The zero-order valence-corrected chi connectivity index (χ0v) is 16.6. The van der Waals surface area contributed by atoms with E-state index in [1.54, 1.807) is 0 Å². The van der Waals surface area contributed by atoms with Gasteiger partial charge in [0.2, 0.25) is 0 Å². The fourth-order valence-electron chi connectivity index (χ4n) is 3.32. The maximum absolute atomic E-state index is 14.3. The van der Waals surface area contributed by atoms with E-state index in [2.05, 4.69) is 11.1 Å². The van der Waals surface area contributed by atoms with Crippen molar-refractivity contribution in [1.29, 1.82) is 0 Å². The Balaban J connectivity index is 0.00000225. The number of fused-ring (bicyclic) bond motifs is 5. The number of hydrogen-bond acceptors (Lipinski definition) is 3. The summed E-state index contributed by atoms with van der Waals surface area (Å²) in [6.45, 7) is 0. The molecule has 151 valence electrons. The minimum atomic E-state index is -5.56. The number of pyridine rings is 1. The summed E-state index contributed by atoms with van der Waals surface area (Å²) in [6, 6.07) is 6.67. The fraction of sp³-hybridized carbons (Fsp3) is 0.278. The summed E-state index contributed by atoms with van der Waals surface area (Å²) in [5, 5.41) is 0.0973. The van der Waals surface area contributed by atoms with Crippen LogP contribution in [0.5, 0.6) is 11.5 Å². The van der Waals surface area contributed by atoms with Crippen molar-refractivity contribution in [3.63, 3.8) is 0 Å². The van der Waals surface area contributed by atoms with Crippen LogP contribution in [0.25, 0.3) is 21.7 Å². The molecule has 1 aliphatic carbocycles. The first kappa shape index (κ1) is 20.7. The average Bonchev–Trinajstić information content (AvgIpc) is 2.74. The topological polar surface area (TPSA) is 31.4 Å². The average molecular weight is 578 g/mol. The van der Waals surface area contributed by atoms with E-state index in [1.807, 2.05) is 0 Å². The molecule has 1 radical (unpaired) electrons. The molecular weight excluding hydrogens is 568 g/mol. The Labute approximate surface area is 168 Å². The molecule has 1 aromatic heterocycles. The first-order chi connectivity index (χ1) is 12.6. The van der Waals surface area contributed by atoms with Gasteiger partial charge in [-0.25, -0.2) is 0 Å². The number of hydrogen-bond donors (Lipinski definition) is 0. The number of nitrogens with zero attached hydrogens (tertiary/aromatic N) is 1. The molecule has 0 saturated carbocycles. The van der Waals surface area contributed by atoms with Crippen molar-refractivity contribution in [1.82, 2.24) is 4.98 Å². The second-order valence-electron chi connectivity index (χ2n) is 6.07. The van der Waals surface area contributed by atoms with E-state index >= 15 is 0 Å². The van der Waals surface area contributed by atoms with Gasteiger partial charge in [-0.1, -0.05) is 24.3 Å². The Hall–Kier alpha value is -2.06. The predicted molar refractivity (Wildman–Crippen MR) is 83.9 cm³/mol. The van der Waals surface area contributed by atoms with Crippen molar-refractivity contribution in [2.24, 2.45) is 0 Å². The number of rotatable bonds is 2. The Kier molecular flexibility index (Phi) is 4.59. The van der Waals surface area contributed by atoms with Crippen LogP contribution in [0.3, 0.4) is 0 Å². The van der Waals surface area contributed by atoms with Crippen molar-refractivity contribution < 1.29 is 55.9 Å². The maximum Gasteiger partial charge on any atom is 0.380 e. The van der Waals surface area contributed by atoms with E-state index in [0.29, 0.717) is 17.3 Å². The van der Waals surface area contributed by atoms with E-state index in [9.17, 15) is 26.3 Å². The van der Waals surface area contributed by atoms with Gasteiger partial charge >= 0.3 is 17.8 Å². The maximum atomic E-state index is 14.3. The Morgan fingerprint density at radius 1 is 0.964 bits per heavy atom. The SMILES string of the molecule is COc1[c-]c2c(ccc3c4c(cnc32)C(F)(F)C(F)(F)C4(F)F)cc1OC.[Ir]. The first-order valence-corrected chi connectivity index (χ1v) is 7.62. The van der Waals surface area contributed by atoms with Crippen LogP contribution in [-0.4, -0.2) is 25.1 Å². The van der Waals surface area contributed by atoms with E-state index in [0.717, 1.165) is 6.07 Å². The molecule has 1 heterocycles. The molecule has 0 saturated heterocycles. The molecule has 0 amide bonds. The molecule has 3 nitrogen and oxygen atoms in total. The summed E-state index contributed by atoms with van der Waals surface area (Å²) in [5.74, 6) is -15.2. The predicted octanol–water partition coefficient (Wildman–Crippen LogP) is 5.04. The zero-order chi connectivity index (χ0) is 19.8. The van der Waals surface area contributed by atoms with Crippen molar-refractivity contribution in [3.8, 4) is 11.5 Å². The van der Waals surface area contributed by atoms with Crippen LogP contribution in [-0.2, 0) is 32.0 Å². The second kappa shape index (κ2) is 6.22. The molecule has 2 aromatic carbocycles. The third-order valence-corrected chi connectivity index (χ3v) is 4.69. The molecule has 0 unspecified atom stereocenters. The third-order valence-electron chi connectivity index (χ3n) is 4.69. The first-order valence-electron chi connectivity index (χ1n) is 7.62. The minimum Gasteiger partial charge on any atom is -0.536 e. The number of methoxy groups -OCH3 is 2. The largest absolute Gasteiger partial charge is 0.536 e. The van der Waals surface area contributed by atoms with Gasteiger partial charge < -0.3 is 14.5 Å². The van der Waals surface area contributed by atoms with Gasteiger partial charge in [0.25, 0.3) is 0 Å². The number of halogens is 6. The Bertz CT molecular complexity index is 1100. The molecule has 1 aliphatic rings. The van der Waals surface area contributed by atoms with Gasteiger partial charge in [-0.2, -0.15) is 26.3 Å². The van der Waals surface area contributed by atoms with Gasteiger partial charge in [0.1, 0.15) is 0 Å². The monoisotopic (exact) mass is 579 g/mol. The van der Waals surface area contributed by atoms with Crippen LogP contribution in [0.4, 0.5) is 26.3 Å². The molecule has 0 bridgehead atoms. The smallest absolute Gasteiger partial charge is 0.380 e. The molecule has 10 heteroatoms. The number of benzene rings is 2. The number of aromatic nitrogens is 1. The van der Waals surface area contributed by atoms with E-state index in [1.165, 1.54) is 26.4 Å². The number of alkyl halides is 6. The van der Waals surface area contributed by atoms with Crippen LogP contribution in [0.2, 0.25) is 0 Å². The van der Waals surface area contributed by atoms with Gasteiger partial charge in [-0.15, -0.1) is 10.8 Å². The zero-order valence-electron chi connectivity index (χ0n) is 14.2. The van der Waals surface area contributed by atoms with E-state index in [-0.39, 0.29) is 36.8 Å². The van der Waals surface area contributed by atoms with Crippen molar-refractivity contribution in [2.45, 2.75) is 17.8 Å². The van der Waals surface area contributed by atoms with Gasteiger partial charge in [0.15, 0.2) is 0 Å². The summed E-state index contributed by atoms with van der Waals surface area (Å²) in [4.78, 5) is 3.76. The van der Waals surface area contributed by atoms with Gasteiger partial charge in [0.05, 0.1) is 31.3 Å². The summed E-state index contributed by atoms with van der Waals surface area (Å²) in [7, 11) is 2.71. The molecule has 0 aliphatic heterocycles. The summed E-state index contributed by atoms with van der Waals surface area (Å²) < 4.78 is 94.3. The summed E-state index contributed by atoms with van der Waals surface area (Å²) in [6.07, 6.45) is 0.372. The van der Waals surface area contributed by atoms with E-state index in [4.69, 9.17) is 9.47 Å². The normalized spacial score (nSPS) is 18.6. The van der Waals surface area contributed by atoms with Crippen molar-refractivity contribution in [3.05, 3.63) is 41.6 Å². The second-order valence-corrected chi connectivity index (χ2v) is 6.07. The van der Waals surface area contributed by atoms with Crippen LogP contribution in [0.1, 0.15) is 11.1 Å². The summed E-state index contributed by atoms with van der Waals surface area (Å²) in [5.41, 5.74) is -3.07. The van der Waals surface area contributed by atoms with Gasteiger partial charge in [-0.05, 0) is 10.9 Å². The quantitative estimate of drug-likeness (QED) is 0.243. The molecule has 0 atom stereocenters. The van der Waals surface area contributed by atoms with Crippen LogP contribution < -0.4 is 9.47 Å². The molecule has 4 rings (SSSR count). The van der Waals surface area contributed by atoms with Crippen molar-refractivity contribution in [2.75, 3.05) is 14.2 Å². The fourth-order valence-corrected chi connectivity index (χ4v) is 3.32. The third kappa shape index (κ3) is 2.30. The molecular formula is C18H10F6IrNO2-. The Morgan fingerprint density at radius 3 is 2.25 bits per heavy atom. The van der Waals surface area contributed by atoms with Gasteiger partial charge in [0, 0.05) is 31.9 Å². The molecule has 0 spiro atoms. The molecule has 0 fully saturated rings.